The lowest BCUT2D eigenvalue weighted by Crippen LogP contribution is -2.40. The average molecular weight is 326 g/mol. The Morgan fingerprint density at radius 3 is 2.92 bits per heavy atom. The Balaban J connectivity index is 1.51. The molecule has 2 aromatic rings. The second-order valence-corrected chi connectivity index (χ2v) is 6.81. The van der Waals surface area contributed by atoms with Gasteiger partial charge in [0.1, 0.15) is 0 Å². The van der Waals surface area contributed by atoms with Crippen LogP contribution in [-0.2, 0) is 24.7 Å². The van der Waals surface area contributed by atoms with Gasteiger partial charge in [-0.1, -0.05) is 6.07 Å². The molecular formula is C19H26N4O. The molecule has 1 aliphatic heterocycles. The number of carbonyl (C=O) groups is 1. The van der Waals surface area contributed by atoms with Crippen molar-refractivity contribution in [3.8, 4) is 0 Å². The molecule has 128 valence electrons. The van der Waals surface area contributed by atoms with Gasteiger partial charge >= 0.3 is 0 Å². The number of piperidine rings is 1. The molecule has 3 heterocycles. The first kappa shape index (κ1) is 16.7. The molecule has 0 saturated carbocycles. The minimum Gasteiger partial charge on any atom is -0.342 e. The fourth-order valence-corrected chi connectivity index (χ4v) is 3.45. The van der Waals surface area contributed by atoms with Gasteiger partial charge < -0.3 is 4.90 Å². The van der Waals surface area contributed by atoms with Crippen LogP contribution in [-0.4, -0.2) is 38.7 Å². The third-order valence-corrected chi connectivity index (χ3v) is 4.89. The van der Waals surface area contributed by atoms with E-state index in [0.717, 1.165) is 43.7 Å². The van der Waals surface area contributed by atoms with Crippen LogP contribution in [0.5, 0.6) is 0 Å². The zero-order valence-corrected chi connectivity index (χ0v) is 14.6. The molecule has 0 unspecified atom stereocenters. The second-order valence-electron chi connectivity index (χ2n) is 6.81. The zero-order chi connectivity index (χ0) is 16.9. The van der Waals surface area contributed by atoms with Crippen molar-refractivity contribution in [2.24, 2.45) is 13.0 Å². The van der Waals surface area contributed by atoms with Crippen LogP contribution in [0.25, 0.3) is 0 Å². The molecule has 0 N–H and O–H groups in total. The summed E-state index contributed by atoms with van der Waals surface area (Å²) in [6, 6.07) is 6.21. The van der Waals surface area contributed by atoms with Crippen molar-refractivity contribution < 1.29 is 4.79 Å². The number of pyridine rings is 1. The van der Waals surface area contributed by atoms with E-state index in [0.29, 0.717) is 12.3 Å². The highest BCUT2D eigenvalue weighted by molar-refractivity contribution is 5.76. The normalized spacial score (nSPS) is 17.9. The summed E-state index contributed by atoms with van der Waals surface area (Å²) in [5, 5.41) is 4.16. The highest BCUT2D eigenvalue weighted by atomic mass is 16.2. The topological polar surface area (TPSA) is 51.0 Å². The van der Waals surface area contributed by atoms with Crippen molar-refractivity contribution in [3.63, 3.8) is 0 Å². The Kier molecular flexibility index (Phi) is 5.28. The largest absolute Gasteiger partial charge is 0.342 e. The summed E-state index contributed by atoms with van der Waals surface area (Å²) >= 11 is 0. The predicted molar refractivity (Wildman–Crippen MR) is 93.5 cm³/mol. The summed E-state index contributed by atoms with van der Waals surface area (Å²) in [7, 11) is 1.92. The summed E-state index contributed by atoms with van der Waals surface area (Å²) in [6.45, 7) is 3.78. The third-order valence-electron chi connectivity index (χ3n) is 4.89. The monoisotopic (exact) mass is 326 g/mol. The molecule has 5 nitrogen and oxygen atoms in total. The molecular weight excluding hydrogens is 300 g/mol. The number of hydrogen-bond donors (Lipinski definition) is 0. The van der Waals surface area contributed by atoms with E-state index in [1.165, 1.54) is 12.0 Å². The first-order chi connectivity index (χ1) is 11.6. The lowest BCUT2D eigenvalue weighted by atomic mass is 9.91. The Bertz CT molecular complexity index is 677. The van der Waals surface area contributed by atoms with Gasteiger partial charge in [0, 0.05) is 50.3 Å². The number of likely N-dealkylation sites (tertiary alicyclic amines) is 1. The van der Waals surface area contributed by atoms with E-state index >= 15 is 0 Å². The van der Waals surface area contributed by atoms with Gasteiger partial charge in [0.2, 0.25) is 5.91 Å². The van der Waals surface area contributed by atoms with Crippen molar-refractivity contribution in [1.29, 1.82) is 0 Å². The molecule has 0 bridgehead atoms. The first-order valence-corrected chi connectivity index (χ1v) is 8.78. The van der Waals surface area contributed by atoms with E-state index in [1.807, 2.05) is 35.8 Å². The number of hydrogen-bond acceptors (Lipinski definition) is 3. The van der Waals surface area contributed by atoms with E-state index in [-0.39, 0.29) is 5.91 Å². The lowest BCUT2D eigenvalue weighted by molar-refractivity contribution is -0.133. The fourth-order valence-electron chi connectivity index (χ4n) is 3.45. The van der Waals surface area contributed by atoms with Crippen molar-refractivity contribution >= 4 is 5.91 Å². The number of carbonyl (C=O) groups excluding carboxylic acids is 1. The third kappa shape index (κ3) is 4.22. The molecule has 1 saturated heterocycles. The molecule has 0 spiro atoms. The van der Waals surface area contributed by atoms with Crippen LogP contribution < -0.4 is 0 Å². The summed E-state index contributed by atoms with van der Waals surface area (Å²) in [4.78, 5) is 19.0. The Morgan fingerprint density at radius 2 is 2.21 bits per heavy atom. The van der Waals surface area contributed by atoms with Gasteiger partial charge in [-0.2, -0.15) is 5.10 Å². The Labute approximate surface area is 143 Å². The molecule has 0 aliphatic carbocycles. The molecule has 1 atom stereocenters. The number of aromatic nitrogens is 3. The SMILES string of the molecule is Cc1ccc(C[C@H]2CCCN(C(=O)CCc3ccnn3C)C2)cn1. The molecule has 3 rings (SSSR count). The summed E-state index contributed by atoms with van der Waals surface area (Å²) in [6.07, 6.45) is 8.39. The molecule has 1 amide bonds. The van der Waals surface area contributed by atoms with E-state index in [1.54, 1.807) is 6.20 Å². The van der Waals surface area contributed by atoms with Crippen LogP contribution in [0.4, 0.5) is 0 Å². The second kappa shape index (κ2) is 7.60. The molecule has 0 radical (unpaired) electrons. The number of aryl methyl sites for hydroxylation is 3. The van der Waals surface area contributed by atoms with Crippen LogP contribution in [0, 0.1) is 12.8 Å². The van der Waals surface area contributed by atoms with Gasteiger partial charge in [-0.05, 0) is 56.2 Å². The van der Waals surface area contributed by atoms with E-state index < -0.39 is 0 Å². The molecule has 5 heteroatoms. The molecule has 1 fully saturated rings. The van der Waals surface area contributed by atoms with Gasteiger partial charge in [-0.15, -0.1) is 0 Å². The molecule has 24 heavy (non-hydrogen) atoms. The van der Waals surface area contributed by atoms with E-state index in [2.05, 4.69) is 22.2 Å². The van der Waals surface area contributed by atoms with Gasteiger partial charge in [-0.25, -0.2) is 0 Å². The van der Waals surface area contributed by atoms with Crippen molar-refractivity contribution in [2.45, 2.75) is 39.0 Å². The quantitative estimate of drug-likeness (QED) is 0.848. The van der Waals surface area contributed by atoms with Gasteiger partial charge in [0.25, 0.3) is 0 Å². The standard InChI is InChI=1S/C19H26N4O/c1-15-5-6-16(13-20-15)12-17-4-3-11-23(14-17)19(24)8-7-18-9-10-21-22(18)2/h5-6,9-10,13,17H,3-4,7-8,11-12,14H2,1-2H3/t17-/m1/s1. The maximum atomic E-state index is 12.5. The van der Waals surface area contributed by atoms with Crippen molar-refractivity contribution in [3.05, 3.63) is 47.5 Å². The number of nitrogens with zero attached hydrogens (tertiary/aromatic N) is 4. The van der Waals surface area contributed by atoms with Crippen LogP contribution in [0.15, 0.2) is 30.6 Å². The smallest absolute Gasteiger partial charge is 0.222 e. The van der Waals surface area contributed by atoms with Gasteiger partial charge in [0.15, 0.2) is 0 Å². The lowest BCUT2D eigenvalue weighted by Gasteiger charge is -2.33. The van der Waals surface area contributed by atoms with E-state index in [4.69, 9.17) is 0 Å². The number of rotatable bonds is 5. The summed E-state index contributed by atoms with van der Waals surface area (Å²) in [5.74, 6) is 0.812. The minimum absolute atomic E-state index is 0.267. The van der Waals surface area contributed by atoms with Gasteiger partial charge in [0.05, 0.1) is 0 Å². The van der Waals surface area contributed by atoms with Gasteiger partial charge in [-0.3, -0.25) is 14.5 Å². The van der Waals surface area contributed by atoms with Crippen molar-refractivity contribution in [1.82, 2.24) is 19.7 Å². The van der Waals surface area contributed by atoms with Crippen LogP contribution >= 0.6 is 0 Å². The highest BCUT2D eigenvalue weighted by Gasteiger charge is 2.23. The Hall–Kier alpha value is -2.17. The van der Waals surface area contributed by atoms with Crippen LogP contribution in [0.3, 0.4) is 0 Å². The highest BCUT2D eigenvalue weighted by Crippen LogP contribution is 2.21. The molecule has 2 aromatic heterocycles. The number of amides is 1. The van der Waals surface area contributed by atoms with E-state index in [9.17, 15) is 4.79 Å². The fraction of sp³-hybridized carbons (Fsp3) is 0.526. The molecule has 0 aromatic carbocycles. The predicted octanol–water partition coefficient (Wildman–Crippen LogP) is 2.54. The zero-order valence-electron chi connectivity index (χ0n) is 14.6. The van der Waals surface area contributed by atoms with Crippen molar-refractivity contribution in [2.75, 3.05) is 13.1 Å². The minimum atomic E-state index is 0.267. The molecule has 1 aliphatic rings. The van der Waals surface area contributed by atoms with Crippen LogP contribution in [0.1, 0.15) is 36.2 Å². The summed E-state index contributed by atoms with van der Waals surface area (Å²) < 4.78 is 1.84. The summed E-state index contributed by atoms with van der Waals surface area (Å²) in [5.41, 5.74) is 3.44. The maximum Gasteiger partial charge on any atom is 0.222 e. The Morgan fingerprint density at radius 1 is 1.33 bits per heavy atom. The van der Waals surface area contributed by atoms with Crippen LogP contribution in [0.2, 0.25) is 0 Å². The average Bonchev–Trinajstić information content (AvgIpc) is 3.00. The first-order valence-electron chi connectivity index (χ1n) is 8.78. The maximum absolute atomic E-state index is 12.5.